The molecule has 4 nitrogen and oxygen atoms in total. The van der Waals surface area contributed by atoms with E-state index in [1.165, 1.54) is 12.1 Å². The van der Waals surface area contributed by atoms with Gasteiger partial charge in [0.1, 0.15) is 10.0 Å². The summed E-state index contributed by atoms with van der Waals surface area (Å²) in [5, 5.41) is 0.420. The monoisotopic (exact) mass is 317 g/mol. The second-order valence-electron chi connectivity index (χ2n) is 3.79. The fraction of sp³-hybridized carbons (Fsp3) is 0.0833. The van der Waals surface area contributed by atoms with Gasteiger partial charge in [-0.05, 0) is 36.8 Å². The summed E-state index contributed by atoms with van der Waals surface area (Å²) in [4.78, 5) is 3.61. The van der Waals surface area contributed by atoms with Crippen LogP contribution in [-0.2, 0) is 10.1 Å². The van der Waals surface area contributed by atoms with Gasteiger partial charge < -0.3 is 4.18 Å². The van der Waals surface area contributed by atoms with Crippen LogP contribution in [-0.4, -0.2) is 13.4 Å². The van der Waals surface area contributed by atoms with Crippen molar-refractivity contribution in [2.45, 2.75) is 11.8 Å². The third kappa shape index (κ3) is 3.37. The van der Waals surface area contributed by atoms with Gasteiger partial charge in [-0.2, -0.15) is 8.42 Å². The van der Waals surface area contributed by atoms with Gasteiger partial charge in [-0.1, -0.05) is 29.3 Å². The van der Waals surface area contributed by atoms with Crippen LogP contribution in [0.2, 0.25) is 10.2 Å². The van der Waals surface area contributed by atoms with E-state index in [1.807, 2.05) is 0 Å². The molecule has 2 aromatic rings. The van der Waals surface area contributed by atoms with Crippen LogP contribution in [0.5, 0.6) is 5.75 Å². The van der Waals surface area contributed by atoms with Crippen LogP contribution in [0.15, 0.2) is 41.4 Å². The molecule has 2 rings (SSSR count). The standard InChI is InChI=1S/C12H9Cl2NO3S/c1-8-2-4-10(13)11(6-8)18-19(16,17)9-3-5-12(14)15-7-9/h2-7H,1H3. The van der Waals surface area contributed by atoms with Crippen molar-refractivity contribution in [3.63, 3.8) is 0 Å². The summed E-state index contributed by atoms with van der Waals surface area (Å²) in [6.07, 6.45) is 1.13. The lowest BCUT2D eigenvalue weighted by molar-refractivity contribution is 0.485. The Labute approximate surface area is 121 Å². The van der Waals surface area contributed by atoms with E-state index in [-0.39, 0.29) is 20.8 Å². The highest BCUT2D eigenvalue weighted by Crippen LogP contribution is 2.28. The summed E-state index contributed by atoms with van der Waals surface area (Å²) in [7, 11) is -3.97. The number of hydrogen-bond donors (Lipinski definition) is 0. The Bertz CT molecular complexity index is 699. The van der Waals surface area contributed by atoms with E-state index in [1.54, 1.807) is 25.1 Å². The van der Waals surface area contributed by atoms with Crippen LogP contribution >= 0.6 is 23.2 Å². The van der Waals surface area contributed by atoms with Gasteiger partial charge in [0, 0.05) is 0 Å². The molecule has 1 aromatic heterocycles. The molecular formula is C12H9Cl2NO3S. The molecule has 0 N–H and O–H groups in total. The lowest BCUT2D eigenvalue weighted by Gasteiger charge is -2.08. The van der Waals surface area contributed by atoms with Gasteiger partial charge in [-0.15, -0.1) is 0 Å². The number of halogens is 2. The Balaban J connectivity index is 2.36. The molecule has 7 heteroatoms. The fourth-order valence-electron chi connectivity index (χ4n) is 1.35. The Hall–Kier alpha value is -1.30. The van der Waals surface area contributed by atoms with Gasteiger partial charge in [-0.25, -0.2) is 4.98 Å². The maximum absolute atomic E-state index is 12.0. The molecule has 100 valence electrons. The Morgan fingerprint density at radius 2 is 1.89 bits per heavy atom. The topological polar surface area (TPSA) is 56.3 Å². The normalized spacial score (nSPS) is 11.3. The summed E-state index contributed by atoms with van der Waals surface area (Å²) in [5.41, 5.74) is 0.837. The molecule has 0 aliphatic heterocycles. The van der Waals surface area contributed by atoms with Crippen molar-refractivity contribution in [3.05, 3.63) is 52.3 Å². The molecular weight excluding hydrogens is 309 g/mol. The molecule has 0 saturated carbocycles. The number of benzene rings is 1. The Morgan fingerprint density at radius 3 is 2.53 bits per heavy atom. The van der Waals surface area contributed by atoms with Crippen LogP contribution < -0.4 is 4.18 Å². The zero-order chi connectivity index (χ0) is 14.0. The van der Waals surface area contributed by atoms with Crippen molar-refractivity contribution in [2.24, 2.45) is 0 Å². The minimum absolute atomic E-state index is 0.0802. The largest absolute Gasteiger partial charge is 0.377 e. The summed E-state index contributed by atoms with van der Waals surface area (Å²) >= 11 is 11.5. The first kappa shape index (κ1) is 14.1. The maximum atomic E-state index is 12.0. The van der Waals surface area contributed by atoms with Crippen molar-refractivity contribution < 1.29 is 12.6 Å². The lowest BCUT2D eigenvalue weighted by atomic mass is 10.2. The smallest absolute Gasteiger partial charge is 0.340 e. The molecule has 19 heavy (non-hydrogen) atoms. The molecule has 0 aliphatic rings. The first-order chi connectivity index (χ1) is 8.88. The van der Waals surface area contributed by atoms with Crippen LogP contribution in [0.1, 0.15) is 5.56 Å². The third-order valence-corrected chi connectivity index (χ3v) is 4.03. The van der Waals surface area contributed by atoms with Gasteiger partial charge in [0.2, 0.25) is 0 Å². The molecule has 0 spiro atoms. The SMILES string of the molecule is Cc1ccc(Cl)c(OS(=O)(=O)c2ccc(Cl)nc2)c1. The van der Waals surface area contributed by atoms with Gasteiger partial charge in [0.25, 0.3) is 0 Å². The van der Waals surface area contributed by atoms with E-state index < -0.39 is 10.1 Å². The van der Waals surface area contributed by atoms with Gasteiger partial charge >= 0.3 is 10.1 Å². The molecule has 0 aliphatic carbocycles. The molecule has 1 aromatic carbocycles. The molecule has 0 amide bonds. The van der Waals surface area contributed by atoms with Gasteiger partial charge in [0.15, 0.2) is 5.75 Å². The fourth-order valence-corrected chi connectivity index (χ4v) is 2.55. The van der Waals surface area contributed by atoms with E-state index in [4.69, 9.17) is 27.4 Å². The average Bonchev–Trinajstić information content (AvgIpc) is 2.34. The number of nitrogens with zero attached hydrogens (tertiary/aromatic N) is 1. The van der Waals surface area contributed by atoms with Crippen molar-refractivity contribution in [3.8, 4) is 5.75 Å². The number of hydrogen-bond acceptors (Lipinski definition) is 4. The zero-order valence-corrected chi connectivity index (χ0v) is 12.1. The van der Waals surface area contributed by atoms with E-state index >= 15 is 0 Å². The molecule has 0 atom stereocenters. The summed E-state index contributed by atoms with van der Waals surface area (Å²) in [6, 6.07) is 7.56. The van der Waals surface area contributed by atoms with E-state index in [2.05, 4.69) is 4.98 Å². The van der Waals surface area contributed by atoms with Crippen molar-refractivity contribution >= 4 is 33.3 Å². The number of rotatable bonds is 3. The molecule has 0 fully saturated rings. The number of aromatic nitrogens is 1. The van der Waals surface area contributed by atoms with Crippen LogP contribution in [0, 0.1) is 6.92 Å². The van der Waals surface area contributed by atoms with E-state index in [0.717, 1.165) is 11.8 Å². The van der Waals surface area contributed by atoms with Crippen molar-refractivity contribution in [1.29, 1.82) is 0 Å². The van der Waals surface area contributed by atoms with Crippen LogP contribution in [0.3, 0.4) is 0 Å². The predicted molar refractivity (Wildman–Crippen MR) is 73.2 cm³/mol. The highest BCUT2D eigenvalue weighted by atomic mass is 35.5. The molecule has 1 heterocycles. The van der Waals surface area contributed by atoms with Crippen molar-refractivity contribution in [2.75, 3.05) is 0 Å². The summed E-state index contributed by atoms with van der Waals surface area (Å²) in [6.45, 7) is 1.81. The maximum Gasteiger partial charge on any atom is 0.340 e. The molecule has 0 saturated heterocycles. The highest BCUT2D eigenvalue weighted by molar-refractivity contribution is 7.87. The summed E-state index contributed by atoms with van der Waals surface area (Å²) < 4.78 is 29.0. The Kier molecular flexibility index (Phi) is 3.99. The molecule has 0 unspecified atom stereocenters. The van der Waals surface area contributed by atoms with Crippen molar-refractivity contribution in [1.82, 2.24) is 4.98 Å². The Morgan fingerprint density at radius 1 is 1.16 bits per heavy atom. The van der Waals surface area contributed by atoms with Crippen LogP contribution in [0.4, 0.5) is 0 Å². The van der Waals surface area contributed by atoms with Gasteiger partial charge in [0.05, 0.1) is 11.2 Å². The zero-order valence-electron chi connectivity index (χ0n) is 9.80. The second-order valence-corrected chi connectivity index (χ2v) is 6.13. The highest BCUT2D eigenvalue weighted by Gasteiger charge is 2.18. The number of aryl methyl sites for hydroxylation is 1. The first-order valence-corrected chi connectivity index (χ1v) is 7.37. The minimum Gasteiger partial charge on any atom is -0.377 e. The second kappa shape index (κ2) is 5.36. The van der Waals surface area contributed by atoms with Crippen LogP contribution in [0.25, 0.3) is 0 Å². The van der Waals surface area contributed by atoms with Gasteiger partial charge in [-0.3, -0.25) is 0 Å². The predicted octanol–water partition coefficient (Wildman–Crippen LogP) is 3.46. The minimum atomic E-state index is -3.97. The summed E-state index contributed by atoms with van der Waals surface area (Å²) in [5.74, 6) is 0.0802. The lowest BCUT2D eigenvalue weighted by Crippen LogP contribution is -2.10. The molecule has 0 bridgehead atoms. The average molecular weight is 318 g/mol. The quantitative estimate of drug-likeness (QED) is 0.642. The molecule has 0 radical (unpaired) electrons. The van der Waals surface area contributed by atoms with E-state index in [0.29, 0.717) is 0 Å². The van der Waals surface area contributed by atoms with E-state index in [9.17, 15) is 8.42 Å². The first-order valence-electron chi connectivity index (χ1n) is 5.21. The number of pyridine rings is 1. The third-order valence-electron chi connectivity index (χ3n) is 2.28.